The molecule has 0 N–H and O–H groups in total. The Morgan fingerprint density at radius 1 is 1.03 bits per heavy atom. The van der Waals surface area contributed by atoms with Crippen molar-refractivity contribution >= 4 is 23.2 Å². The summed E-state index contributed by atoms with van der Waals surface area (Å²) in [5, 5.41) is 5.54. The van der Waals surface area contributed by atoms with Crippen molar-refractivity contribution in [2.45, 2.75) is 45.3 Å². The minimum absolute atomic E-state index is 0.540. The van der Waals surface area contributed by atoms with Gasteiger partial charge in [0.25, 0.3) is 0 Å². The highest BCUT2D eigenvalue weighted by Gasteiger charge is 2.35. The van der Waals surface area contributed by atoms with Crippen molar-refractivity contribution in [3.8, 4) is 11.5 Å². The molecule has 3 aromatic rings. The largest absolute Gasteiger partial charge is 0.457 e. The smallest absolute Gasteiger partial charge is 0.137 e. The molecule has 1 heterocycles. The Balaban J connectivity index is 1.92. The zero-order valence-corrected chi connectivity index (χ0v) is 18.2. The lowest BCUT2D eigenvalue weighted by atomic mass is 9.87. The molecule has 0 saturated heterocycles. The lowest BCUT2D eigenvalue weighted by Gasteiger charge is -2.35. The molecule has 3 rings (SSSR count). The number of ether oxygens (including phenoxy) is 2. The zero-order valence-electron chi connectivity index (χ0n) is 16.6. The molecule has 1 unspecified atom stereocenters. The van der Waals surface area contributed by atoms with Gasteiger partial charge in [-0.1, -0.05) is 49.0 Å². The number of rotatable bonds is 10. The molecule has 0 amide bonds. The molecule has 1 atom stereocenters. The Morgan fingerprint density at radius 3 is 2.41 bits per heavy atom. The number of nitrogens with zero attached hydrogens (tertiary/aromatic N) is 3. The van der Waals surface area contributed by atoms with E-state index < -0.39 is 5.60 Å². The van der Waals surface area contributed by atoms with Crippen molar-refractivity contribution in [3.05, 3.63) is 70.7 Å². The van der Waals surface area contributed by atoms with E-state index >= 15 is 0 Å². The second-order valence-electron chi connectivity index (χ2n) is 6.82. The van der Waals surface area contributed by atoms with Gasteiger partial charge >= 0.3 is 0 Å². The maximum Gasteiger partial charge on any atom is 0.137 e. The van der Waals surface area contributed by atoms with Crippen LogP contribution in [0.4, 0.5) is 0 Å². The van der Waals surface area contributed by atoms with Gasteiger partial charge in [0.05, 0.1) is 11.6 Å². The maximum atomic E-state index is 6.73. The molecular weight excluding hydrogens is 409 g/mol. The van der Waals surface area contributed by atoms with Crippen LogP contribution in [0.3, 0.4) is 0 Å². The molecular formula is C22H25Cl2N3O2. The van der Waals surface area contributed by atoms with Gasteiger partial charge in [0.1, 0.15) is 29.8 Å². The van der Waals surface area contributed by atoms with Crippen LogP contribution in [0.5, 0.6) is 11.5 Å². The van der Waals surface area contributed by atoms with Gasteiger partial charge < -0.3 is 9.47 Å². The van der Waals surface area contributed by atoms with Crippen LogP contribution in [-0.4, -0.2) is 21.4 Å². The third-order valence-corrected chi connectivity index (χ3v) is 5.28. The highest BCUT2D eigenvalue weighted by atomic mass is 35.5. The second-order valence-corrected chi connectivity index (χ2v) is 7.67. The first-order valence-electron chi connectivity index (χ1n) is 9.76. The van der Waals surface area contributed by atoms with E-state index in [1.54, 1.807) is 23.1 Å². The Bertz CT molecular complexity index is 901. The summed E-state index contributed by atoms with van der Waals surface area (Å²) < 4.78 is 14.0. The minimum atomic E-state index is -0.589. The van der Waals surface area contributed by atoms with Crippen molar-refractivity contribution in [1.82, 2.24) is 14.8 Å². The predicted octanol–water partition coefficient (Wildman–Crippen LogP) is 6.50. The number of halogens is 2. The van der Waals surface area contributed by atoms with E-state index in [1.807, 2.05) is 37.3 Å². The molecule has 0 aliphatic carbocycles. The summed E-state index contributed by atoms with van der Waals surface area (Å²) in [6, 6.07) is 12.9. The van der Waals surface area contributed by atoms with Crippen molar-refractivity contribution in [2.24, 2.45) is 0 Å². The number of benzene rings is 2. The van der Waals surface area contributed by atoms with Gasteiger partial charge in [0.15, 0.2) is 0 Å². The molecule has 0 radical (unpaired) electrons. The van der Waals surface area contributed by atoms with Gasteiger partial charge in [0.2, 0.25) is 0 Å². The van der Waals surface area contributed by atoms with E-state index in [1.165, 1.54) is 6.33 Å². The highest BCUT2D eigenvalue weighted by molar-refractivity contribution is 6.31. The van der Waals surface area contributed by atoms with Gasteiger partial charge in [-0.15, -0.1) is 0 Å². The zero-order chi connectivity index (χ0) is 20.7. The fourth-order valence-electron chi connectivity index (χ4n) is 3.38. The molecule has 2 aromatic carbocycles. The Morgan fingerprint density at radius 2 is 1.79 bits per heavy atom. The molecule has 0 fully saturated rings. The molecule has 7 heteroatoms. The molecule has 0 aliphatic heterocycles. The standard InChI is InChI=1S/C22H25Cl2N3O2/c1-3-5-12-22(28-4-2,14-27-16-25-15-26-27)20-11-10-19(13-21(20)24)29-18-8-6-17(23)7-9-18/h6-11,13,15-16H,3-5,12,14H2,1-2H3. The van der Waals surface area contributed by atoms with Crippen LogP contribution >= 0.6 is 23.2 Å². The molecule has 0 aliphatic rings. The highest BCUT2D eigenvalue weighted by Crippen LogP contribution is 2.39. The monoisotopic (exact) mass is 433 g/mol. The molecule has 29 heavy (non-hydrogen) atoms. The van der Waals surface area contributed by atoms with Gasteiger partial charge in [-0.3, -0.25) is 0 Å². The van der Waals surface area contributed by atoms with Crippen LogP contribution in [0.15, 0.2) is 55.1 Å². The third kappa shape index (κ3) is 5.50. The summed E-state index contributed by atoms with van der Waals surface area (Å²) >= 11 is 12.7. The van der Waals surface area contributed by atoms with Crippen molar-refractivity contribution < 1.29 is 9.47 Å². The Kier molecular flexibility index (Phi) is 7.53. The van der Waals surface area contributed by atoms with E-state index in [9.17, 15) is 0 Å². The van der Waals surface area contributed by atoms with Gasteiger partial charge in [-0.25, -0.2) is 9.67 Å². The molecule has 5 nitrogen and oxygen atoms in total. The number of hydrogen-bond acceptors (Lipinski definition) is 4. The Labute approximate surface area is 181 Å². The van der Waals surface area contributed by atoms with E-state index in [4.69, 9.17) is 32.7 Å². The van der Waals surface area contributed by atoms with E-state index in [-0.39, 0.29) is 0 Å². The maximum absolute atomic E-state index is 6.73. The SMILES string of the molecule is CCCCC(Cn1cncn1)(OCC)c1ccc(Oc2ccc(Cl)cc2)cc1Cl. The van der Waals surface area contributed by atoms with Crippen molar-refractivity contribution in [2.75, 3.05) is 6.61 Å². The third-order valence-electron chi connectivity index (χ3n) is 4.72. The van der Waals surface area contributed by atoms with Crippen molar-refractivity contribution in [1.29, 1.82) is 0 Å². The lowest BCUT2D eigenvalue weighted by Crippen LogP contribution is -2.35. The van der Waals surface area contributed by atoms with Crippen LogP contribution < -0.4 is 4.74 Å². The normalized spacial score (nSPS) is 13.2. The number of unbranched alkanes of at least 4 members (excludes halogenated alkanes) is 1. The quantitative estimate of drug-likeness (QED) is 0.366. The van der Waals surface area contributed by atoms with Crippen LogP contribution in [0.1, 0.15) is 38.7 Å². The van der Waals surface area contributed by atoms with Gasteiger partial charge in [-0.2, -0.15) is 5.10 Å². The van der Waals surface area contributed by atoms with Crippen LogP contribution in [-0.2, 0) is 16.9 Å². The summed E-state index contributed by atoms with van der Waals surface area (Å²) in [5.41, 5.74) is 0.336. The van der Waals surface area contributed by atoms with Gasteiger partial charge in [0, 0.05) is 17.2 Å². The summed E-state index contributed by atoms with van der Waals surface area (Å²) in [6.45, 7) is 5.26. The van der Waals surface area contributed by atoms with E-state index in [0.717, 1.165) is 24.8 Å². The van der Waals surface area contributed by atoms with Crippen LogP contribution in [0.2, 0.25) is 10.0 Å². The first-order valence-corrected chi connectivity index (χ1v) is 10.5. The topological polar surface area (TPSA) is 49.2 Å². The summed E-state index contributed by atoms with van der Waals surface area (Å²) in [4.78, 5) is 4.06. The number of hydrogen-bond donors (Lipinski definition) is 0. The lowest BCUT2D eigenvalue weighted by molar-refractivity contribution is -0.0671. The van der Waals surface area contributed by atoms with Gasteiger partial charge in [-0.05, 0) is 49.7 Å². The molecule has 154 valence electrons. The predicted molar refractivity (Wildman–Crippen MR) is 116 cm³/mol. The van der Waals surface area contributed by atoms with E-state index in [0.29, 0.717) is 34.7 Å². The molecule has 0 spiro atoms. The molecule has 1 aromatic heterocycles. The molecule has 0 bridgehead atoms. The van der Waals surface area contributed by atoms with Crippen LogP contribution in [0, 0.1) is 0 Å². The Hall–Kier alpha value is -2.08. The fraction of sp³-hybridized carbons (Fsp3) is 0.364. The molecule has 0 saturated carbocycles. The fourth-order valence-corrected chi connectivity index (χ4v) is 3.85. The van der Waals surface area contributed by atoms with Crippen molar-refractivity contribution in [3.63, 3.8) is 0 Å². The number of aromatic nitrogens is 3. The summed E-state index contributed by atoms with van der Waals surface area (Å²) in [5.74, 6) is 1.35. The second kappa shape index (κ2) is 10.1. The summed E-state index contributed by atoms with van der Waals surface area (Å²) in [7, 11) is 0. The average Bonchev–Trinajstić information content (AvgIpc) is 3.21. The average molecular weight is 434 g/mol. The van der Waals surface area contributed by atoms with Crippen LogP contribution in [0.25, 0.3) is 0 Å². The van der Waals surface area contributed by atoms with E-state index in [2.05, 4.69) is 17.0 Å². The first-order chi connectivity index (χ1) is 14.1. The summed E-state index contributed by atoms with van der Waals surface area (Å²) in [6.07, 6.45) is 6.12. The minimum Gasteiger partial charge on any atom is -0.457 e. The first kappa shape index (κ1) is 21.6.